The van der Waals surface area contributed by atoms with Crippen molar-refractivity contribution in [1.82, 2.24) is 31.9 Å². The van der Waals surface area contributed by atoms with Crippen molar-refractivity contribution >= 4 is 78.0 Å². The van der Waals surface area contributed by atoms with Gasteiger partial charge in [-0.05, 0) is 131 Å². The minimum absolute atomic E-state index is 0.0477. The molecule has 7 N–H and O–H groups in total. The number of benzene rings is 6. The molecule has 4 saturated heterocycles. The Morgan fingerprint density at radius 2 is 0.764 bits per heavy atom. The molecule has 5 aliphatic rings. The predicted octanol–water partition coefficient (Wildman–Crippen LogP) is 19.0. The normalized spacial score (nSPS) is 25.9. The summed E-state index contributed by atoms with van der Waals surface area (Å²) in [5.41, 5.74) is 4.21. The summed E-state index contributed by atoms with van der Waals surface area (Å²) in [4.78, 5) is 89.6. The van der Waals surface area contributed by atoms with Crippen LogP contribution < -0.4 is 31.9 Å². The molecular formula is C107H160N6O26Si5. The summed E-state index contributed by atoms with van der Waals surface area (Å²) >= 11 is 0. The highest BCUT2D eigenvalue weighted by atomic mass is 28.4. The van der Waals surface area contributed by atoms with Gasteiger partial charge in [0.1, 0.15) is 112 Å². The van der Waals surface area contributed by atoms with Crippen LogP contribution in [0.15, 0.2) is 195 Å². The third kappa shape index (κ3) is 31.7. The number of rotatable bonds is 41. The van der Waals surface area contributed by atoms with E-state index in [2.05, 4.69) is 208 Å². The number of carbonyl (C=O) groups is 6. The lowest BCUT2D eigenvalue weighted by molar-refractivity contribution is -0.357. The Bertz CT molecular complexity index is 5060. The fraction of sp³-hybridized carbons (Fsp3) is 0.589. The van der Waals surface area contributed by atoms with E-state index in [1.807, 2.05) is 158 Å². The Labute approximate surface area is 857 Å². The van der Waals surface area contributed by atoms with Crippen LogP contribution in [-0.4, -0.2) is 238 Å². The monoisotopic (exact) mass is 2090 g/mol. The van der Waals surface area contributed by atoms with Crippen molar-refractivity contribution < 1.29 is 122 Å². The number of amides is 6. The first-order chi connectivity index (χ1) is 67.6. The summed E-state index contributed by atoms with van der Waals surface area (Å²) in [5, 5.41) is 28.1. The number of carbonyl (C=O) groups excluding carboxylic acids is 6. The van der Waals surface area contributed by atoms with Gasteiger partial charge in [-0.25, -0.2) is 24.0 Å². The number of hydrogen-bond acceptors (Lipinski definition) is 26. The van der Waals surface area contributed by atoms with Crippen LogP contribution in [-0.2, 0) is 126 Å². The molecule has 0 aromatic heterocycles. The Hall–Kier alpha value is -8.64. The predicted molar refractivity (Wildman–Crippen MR) is 559 cm³/mol. The molecule has 4 aliphatic heterocycles. The van der Waals surface area contributed by atoms with Crippen LogP contribution in [0.2, 0.25) is 90.7 Å². The van der Waals surface area contributed by atoms with Gasteiger partial charge in [-0.1, -0.05) is 292 Å². The third-order valence-electron chi connectivity index (χ3n) is 29.6. The van der Waals surface area contributed by atoms with Gasteiger partial charge in [-0.2, -0.15) is 0 Å². The molecule has 1 aliphatic carbocycles. The number of hydrogen-bond donors (Lipinski definition) is 7. The zero-order chi connectivity index (χ0) is 105. The first-order valence-electron chi connectivity index (χ1n) is 50.2. The molecular weight excluding hydrogens is 1930 g/mol. The Balaban J connectivity index is 1.13. The number of alkyl carbamates (subject to hydrolysis) is 5. The number of aliphatic hydroxyl groups excluding tert-OH is 1. The molecule has 32 nitrogen and oxygen atoms in total. The van der Waals surface area contributed by atoms with Gasteiger partial charge in [0.2, 0.25) is 5.91 Å². The second-order valence-electron chi connectivity index (χ2n) is 45.5. The first kappa shape index (κ1) is 116. The largest absolute Gasteiger partial charge is 0.445 e. The van der Waals surface area contributed by atoms with Gasteiger partial charge in [0.25, 0.3) is 0 Å². The molecule has 0 spiro atoms. The van der Waals surface area contributed by atoms with Crippen molar-refractivity contribution in [1.29, 1.82) is 0 Å². The van der Waals surface area contributed by atoms with Gasteiger partial charge in [-0.3, -0.25) is 4.79 Å². The van der Waals surface area contributed by atoms with Crippen LogP contribution >= 0.6 is 0 Å². The molecule has 6 aromatic rings. The SMILES string of the molecule is C=CCO[C@@H]1[C@@H](O[C@@H]2O[C@H](CO[Si](C)(C)C(C)(C)C)[C@@H](O[C@H]3O[C@@H](CNC(=O)OCc4ccccc4)[C@@H](O[Si](C)(C)C(C)(C)C)[C@H](O[Si](C)(C)C(C)(C)C)[C@H]3NC(=O)OCc3ccccc3)[C@H]2O[Si](C)(C)C(C)(C)C)[C@H](O[C@H]2O[C@@H]3COC(c4ccccc4)O[C@H]3[C@H](O[Si](C)(C)C(C)(C)C)[C@H]2NC(=O)OCc2ccccc2)[C@@H](NC(=O)OCc2ccccc2)C[C@H]1NC(=O)[C@@H](O)CCNC(=O)OCc1ccccc1. The third-order valence-corrected chi connectivity index (χ3v) is 52.0. The van der Waals surface area contributed by atoms with E-state index in [9.17, 15) is 14.7 Å². The van der Waals surface area contributed by atoms with E-state index in [1.165, 1.54) is 6.08 Å². The highest BCUT2D eigenvalue weighted by Gasteiger charge is 2.63. The summed E-state index contributed by atoms with van der Waals surface area (Å²) in [6.07, 6.45) is -26.7. The van der Waals surface area contributed by atoms with Crippen LogP contribution in [0, 0.1) is 0 Å². The van der Waals surface area contributed by atoms with E-state index < -0.39 is 232 Å². The van der Waals surface area contributed by atoms with Crippen molar-refractivity contribution in [2.24, 2.45) is 0 Å². The molecule has 11 rings (SSSR count). The maximum atomic E-state index is 15.5. The molecule has 37 heteroatoms. The first-order valence-corrected chi connectivity index (χ1v) is 64.8. The van der Waals surface area contributed by atoms with E-state index in [0.29, 0.717) is 22.3 Å². The lowest BCUT2D eigenvalue weighted by atomic mass is 9.82. The van der Waals surface area contributed by atoms with Gasteiger partial charge in [0.15, 0.2) is 66.7 Å². The lowest BCUT2D eigenvalue weighted by Gasteiger charge is -2.54. The number of ether oxygens (including phenoxy) is 14. The van der Waals surface area contributed by atoms with Crippen molar-refractivity contribution in [2.75, 3.05) is 32.9 Å². The minimum Gasteiger partial charge on any atom is -0.445 e. The Morgan fingerprint density at radius 1 is 0.396 bits per heavy atom. The molecule has 6 amide bonds. The van der Waals surface area contributed by atoms with E-state index in [0.717, 1.165) is 11.1 Å². The number of nitrogens with one attached hydrogen (secondary N) is 6. The standard InChI is InChI=1S/C107H160N6O26Si5/c1-27-60-121-84-76(110-93(115)78(114)58-59-108-98(116)123-63-70-46-34-28-35-47-70)61-77(111-100(118)125-65-72-50-38-30-39-51-72)85(132-96-82(112-101(119)126-66-73-52-40-31-41-53-73)89(137-142(21,22)105(8,9)10)86-80(130-96)68-122-94(133-86)75-56-44-33-45-57-75)91(84)135-97-92(139-144(25,26)107(14,15)16)87(81(131-97)69-128-140(17,18)103(2,3)4)134-95-83(113-102(120)127-67-74-54-42-32-43-55-74)90(138-143(23,24)106(11,12)13)88(136-141(19,20)104(5,6)7)79(129-95)62-109-99(117)124-64-71-48-36-29-37-49-71/h27-57,76-92,94-97,114H,1,58-69H2,2-26H3,(H,108,116)(H,109,117)(H,110,115)(H,111,118)(H,112,119)(H,113,120)/t76-,77+,78+,79+,80-,81-,82-,83-,84+,85-,86-,87-,88-,89-,90-,91-,92-,94?,95-,96-,97+/m1/s1. The highest BCUT2D eigenvalue weighted by Crippen LogP contribution is 2.50. The van der Waals surface area contributed by atoms with Gasteiger partial charge in [-0.15, -0.1) is 6.58 Å². The van der Waals surface area contributed by atoms with Gasteiger partial charge in [0, 0.05) is 18.7 Å². The summed E-state index contributed by atoms with van der Waals surface area (Å²) in [6, 6.07) is 49.8. The smallest absolute Gasteiger partial charge is 0.407 e. The van der Waals surface area contributed by atoms with E-state index >= 15 is 19.2 Å². The van der Waals surface area contributed by atoms with Crippen molar-refractivity contribution in [3.63, 3.8) is 0 Å². The second kappa shape index (κ2) is 50.1. The molecule has 794 valence electrons. The molecule has 6 aromatic carbocycles. The maximum absolute atomic E-state index is 15.5. The number of aliphatic hydroxyl groups is 1. The zero-order valence-electron chi connectivity index (χ0n) is 88.9. The Kier molecular flexibility index (Phi) is 40.3. The molecule has 0 radical (unpaired) electrons. The van der Waals surface area contributed by atoms with Crippen LogP contribution in [0.4, 0.5) is 24.0 Å². The van der Waals surface area contributed by atoms with Crippen LogP contribution in [0.1, 0.15) is 156 Å². The van der Waals surface area contributed by atoms with E-state index in [1.54, 1.807) is 24.3 Å². The summed E-state index contributed by atoms with van der Waals surface area (Å²) in [6.45, 7) is 54.9. The summed E-state index contributed by atoms with van der Waals surface area (Å²) < 4.78 is 137. The fourth-order valence-corrected chi connectivity index (χ4v) is 22.2. The van der Waals surface area contributed by atoms with Crippen molar-refractivity contribution in [3.8, 4) is 0 Å². The average molecular weight is 2090 g/mol. The lowest BCUT2D eigenvalue weighted by Crippen LogP contribution is -2.72. The van der Waals surface area contributed by atoms with E-state index in [4.69, 9.17) is 88.4 Å². The topological polar surface area (TPSA) is 370 Å². The fourth-order valence-electron chi connectivity index (χ4n) is 16.0. The van der Waals surface area contributed by atoms with Crippen LogP contribution in [0.5, 0.6) is 0 Å². The van der Waals surface area contributed by atoms with Gasteiger partial charge in [0.05, 0.1) is 44.1 Å². The molecule has 0 bridgehead atoms. The molecule has 4 heterocycles. The molecule has 1 saturated carbocycles. The highest BCUT2D eigenvalue weighted by molar-refractivity contribution is 6.76. The molecule has 1 unspecified atom stereocenters. The van der Waals surface area contributed by atoms with Crippen molar-refractivity contribution in [2.45, 2.75) is 369 Å². The summed E-state index contributed by atoms with van der Waals surface area (Å²) in [7, 11) is -15.5. The minimum atomic E-state index is -3.34. The molecule has 21 atom stereocenters. The zero-order valence-corrected chi connectivity index (χ0v) is 93.9. The van der Waals surface area contributed by atoms with Crippen LogP contribution in [0.25, 0.3) is 0 Å². The second-order valence-corrected chi connectivity index (χ2v) is 69.3. The van der Waals surface area contributed by atoms with E-state index in [-0.39, 0.29) is 78.8 Å². The maximum Gasteiger partial charge on any atom is 0.407 e. The molecule has 144 heavy (non-hydrogen) atoms. The van der Waals surface area contributed by atoms with Crippen molar-refractivity contribution in [3.05, 3.63) is 228 Å². The van der Waals surface area contributed by atoms with Gasteiger partial charge < -0.3 is 125 Å². The summed E-state index contributed by atoms with van der Waals surface area (Å²) in [5.74, 6) is -0.927. The van der Waals surface area contributed by atoms with Crippen LogP contribution in [0.3, 0.4) is 0 Å². The average Bonchev–Trinajstić information content (AvgIpc) is 1.58. The van der Waals surface area contributed by atoms with Gasteiger partial charge >= 0.3 is 30.5 Å². The Morgan fingerprint density at radius 3 is 1.21 bits per heavy atom. The number of fused-ring (bicyclic) bond motifs is 1. The quantitative estimate of drug-likeness (QED) is 0.0106. The molecule has 5 fully saturated rings.